The van der Waals surface area contributed by atoms with E-state index in [2.05, 4.69) is 0 Å². The topological polar surface area (TPSA) is 180 Å². The normalized spacial score (nSPS) is 0. The quantitative estimate of drug-likeness (QED) is 0.548. The van der Waals surface area contributed by atoms with Gasteiger partial charge in [0.1, 0.15) is 0 Å². The average molecular weight is 294 g/mol. The van der Waals surface area contributed by atoms with E-state index in [1.807, 2.05) is 0 Å². The van der Waals surface area contributed by atoms with E-state index in [1.165, 1.54) is 0 Å². The molecule has 7 heavy (non-hydrogen) atoms. The molecule has 0 bridgehead atoms. The average Bonchev–Trinajstić information content (AvgIpc) is 0. The maximum Gasteiger partial charge on any atom is 0 e. The van der Waals surface area contributed by atoms with Gasteiger partial charge in [-0.25, -0.2) is 0 Å². The molecule has 0 aliphatic carbocycles. The molecule has 0 aromatic heterocycles. The van der Waals surface area contributed by atoms with Crippen LogP contribution in [0.25, 0.3) is 0 Å². The van der Waals surface area contributed by atoms with E-state index < -0.39 is 0 Å². The Hall–Kier alpha value is 0.409. The van der Waals surface area contributed by atoms with E-state index in [9.17, 15) is 0 Å². The van der Waals surface area contributed by atoms with Crippen LogP contribution < -0.4 is 0 Å². The third-order valence-corrected chi connectivity index (χ3v) is 0. The fourth-order valence-electron chi connectivity index (χ4n) is 0. The van der Waals surface area contributed by atoms with Gasteiger partial charge in [0.15, 0.2) is 0 Å². The van der Waals surface area contributed by atoms with Crippen LogP contribution in [0.2, 0.25) is 0 Å². The van der Waals surface area contributed by atoms with Crippen LogP contribution in [0, 0.1) is 0 Å². The van der Waals surface area contributed by atoms with Crippen molar-refractivity contribution >= 4 is 0 Å². The summed E-state index contributed by atoms with van der Waals surface area (Å²) < 4.78 is 0. The Morgan fingerprint density at radius 1 is 0.286 bits per heavy atom. The van der Waals surface area contributed by atoms with Gasteiger partial charge in [0.05, 0.1) is 0 Å². The summed E-state index contributed by atoms with van der Waals surface area (Å²) in [4.78, 5) is 0. The van der Waals surface area contributed by atoms with Gasteiger partial charge in [0, 0.05) is 20.1 Å². The molecule has 0 saturated heterocycles. The van der Waals surface area contributed by atoms with E-state index in [0.717, 1.165) is 0 Å². The maximum atomic E-state index is 0. The van der Waals surface area contributed by atoms with E-state index in [4.69, 9.17) is 0 Å². The van der Waals surface area contributed by atoms with E-state index in [0.29, 0.717) is 0 Å². The molecule has 0 amide bonds. The van der Waals surface area contributed by atoms with Gasteiger partial charge in [-0.3, -0.25) is 0 Å². The Labute approximate surface area is 53.7 Å². The standard InChI is InChI=1S/Ir.6H2O/h;6*1H2/p-6. The molecule has 0 unspecified atom stereocenters. The first kappa shape index (κ1) is 1820. The second kappa shape index (κ2) is 1120. The Bertz CT molecular complexity index is 4.14. The van der Waals surface area contributed by atoms with Crippen LogP contribution in [-0.2, 0) is 20.1 Å². The summed E-state index contributed by atoms with van der Waals surface area (Å²) in [6.07, 6.45) is 0. The summed E-state index contributed by atoms with van der Waals surface area (Å²) in [6.45, 7) is 0. The summed E-state index contributed by atoms with van der Waals surface area (Å²) in [5, 5.41) is 0. The van der Waals surface area contributed by atoms with Gasteiger partial charge in [-0.05, 0) is 0 Å². The molecule has 57 valence electrons. The number of rotatable bonds is 0. The van der Waals surface area contributed by atoms with Crippen LogP contribution in [0.4, 0.5) is 0 Å². The molecule has 0 spiro atoms. The van der Waals surface area contributed by atoms with E-state index in [1.54, 1.807) is 0 Å². The first-order valence-electron chi connectivity index (χ1n) is 0. The minimum absolute atomic E-state index is 0. The van der Waals surface area contributed by atoms with Crippen LogP contribution in [0.5, 0.6) is 0 Å². The molecule has 6 N–H and O–H groups in total. The summed E-state index contributed by atoms with van der Waals surface area (Å²) in [5.41, 5.74) is 0. The van der Waals surface area contributed by atoms with E-state index in [-0.39, 0.29) is 53.0 Å². The fraction of sp³-hybridized carbons (Fsp3) is 0. The molecule has 7 heteroatoms. The van der Waals surface area contributed by atoms with Crippen molar-refractivity contribution in [2.45, 2.75) is 0 Å². The minimum Gasteiger partial charge on any atom is -0.870 e. The second-order valence-electron chi connectivity index (χ2n) is 0. The first-order valence-corrected chi connectivity index (χ1v) is 0. The third kappa shape index (κ3) is 744. The molecule has 0 fully saturated rings. The summed E-state index contributed by atoms with van der Waals surface area (Å²) in [5.74, 6) is 0. The van der Waals surface area contributed by atoms with Crippen molar-refractivity contribution in [1.29, 1.82) is 0 Å². The van der Waals surface area contributed by atoms with Gasteiger partial charge >= 0.3 is 0 Å². The Morgan fingerprint density at radius 2 is 0.286 bits per heavy atom. The third-order valence-electron chi connectivity index (χ3n) is 0. The van der Waals surface area contributed by atoms with Gasteiger partial charge in [-0.1, -0.05) is 0 Å². The first-order chi connectivity index (χ1) is 0. The summed E-state index contributed by atoms with van der Waals surface area (Å²) in [7, 11) is 0. The van der Waals surface area contributed by atoms with Gasteiger partial charge in [0.25, 0.3) is 0 Å². The molecule has 0 heterocycles. The molecule has 1 radical (unpaired) electrons. The predicted octanol–water partition coefficient (Wildman–Crippen LogP) is -1.06. The smallest absolute Gasteiger partial charge is 0 e. The van der Waals surface area contributed by atoms with Crippen LogP contribution in [0.15, 0.2) is 0 Å². The molecule has 0 rings (SSSR count). The molecule has 0 atom stereocenters. The zero-order valence-corrected chi connectivity index (χ0v) is 5.41. The predicted molar refractivity (Wildman–Crippen MR) is 11.6 cm³/mol. The van der Waals surface area contributed by atoms with Crippen molar-refractivity contribution in [3.8, 4) is 0 Å². The molecule has 0 aromatic carbocycles. The van der Waals surface area contributed by atoms with Gasteiger partial charge in [0.2, 0.25) is 0 Å². The van der Waals surface area contributed by atoms with Crippen molar-refractivity contribution in [1.82, 2.24) is 0 Å². The van der Waals surface area contributed by atoms with Gasteiger partial charge < -0.3 is 32.9 Å². The molecule has 0 aliphatic heterocycles. The maximum absolute atomic E-state index is 0. The van der Waals surface area contributed by atoms with Gasteiger partial charge in [-0.15, -0.1) is 0 Å². The van der Waals surface area contributed by atoms with Crippen molar-refractivity contribution in [3.63, 3.8) is 0 Å². The van der Waals surface area contributed by atoms with Crippen molar-refractivity contribution in [2.75, 3.05) is 0 Å². The Kier molecular flexibility index (Phi) is 290000. The SMILES string of the molecule is [Ir].[OH-].[OH-].[OH-].[OH-].[OH-].[OH-]. The molecule has 0 aliphatic rings. The molecule has 0 aromatic rings. The largest absolute Gasteiger partial charge is 0.870 e. The van der Waals surface area contributed by atoms with Crippen LogP contribution >= 0.6 is 0 Å². The van der Waals surface area contributed by atoms with Crippen molar-refractivity contribution in [3.05, 3.63) is 0 Å². The molecular formula is H6IrO6-6. The van der Waals surface area contributed by atoms with Crippen molar-refractivity contribution < 1.29 is 53.0 Å². The molecule has 6 nitrogen and oxygen atoms in total. The van der Waals surface area contributed by atoms with Gasteiger partial charge in [-0.2, -0.15) is 0 Å². The Morgan fingerprint density at radius 3 is 0.286 bits per heavy atom. The van der Waals surface area contributed by atoms with Crippen LogP contribution in [0.1, 0.15) is 0 Å². The molecule has 0 saturated carbocycles. The fourth-order valence-corrected chi connectivity index (χ4v) is 0. The summed E-state index contributed by atoms with van der Waals surface area (Å²) in [6, 6.07) is 0. The summed E-state index contributed by atoms with van der Waals surface area (Å²) >= 11 is 0. The van der Waals surface area contributed by atoms with Crippen LogP contribution in [-0.4, -0.2) is 32.9 Å². The Balaban J connectivity index is 0. The molecular weight excluding hydrogens is 288 g/mol. The number of hydrogen-bond donors (Lipinski definition) is 0. The van der Waals surface area contributed by atoms with Crippen LogP contribution in [0.3, 0.4) is 0 Å². The zero-order valence-electron chi connectivity index (χ0n) is 3.02. The number of hydrogen-bond acceptors (Lipinski definition) is 6. The minimum atomic E-state index is 0. The zero-order chi connectivity index (χ0) is 0. The second-order valence-corrected chi connectivity index (χ2v) is 0. The monoisotopic (exact) mass is 295 g/mol. The van der Waals surface area contributed by atoms with Crippen molar-refractivity contribution in [2.24, 2.45) is 0 Å². The van der Waals surface area contributed by atoms with E-state index >= 15 is 0 Å².